The average molecular weight is 410 g/mol. The van der Waals surface area contributed by atoms with E-state index in [1.807, 2.05) is 32.9 Å². The molecule has 1 atom stereocenters. The van der Waals surface area contributed by atoms with Crippen LogP contribution in [0.25, 0.3) is 10.2 Å². The van der Waals surface area contributed by atoms with Gasteiger partial charge in [0.05, 0.1) is 18.0 Å². The van der Waals surface area contributed by atoms with Crippen molar-refractivity contribution in [2.45, 2.75) is 52.5 Å². The van der Waals surface area contributed by atoms with E-state index < -0.39 is 0 Å². The van der Waals surface area contributed by atoms with Crippen molar-refractivity contribution in [2.75, 3.05) is 13.7 Å². The van der Waals surface area contributed by atoms with E-state index in [1.54, 1.807) is 7.11 Å². The third-order valence-electron chi connectivity index (χ3n) is 5.79. The monoisotopic (exact) mass is 409 g/mol. The Labute approximate surface area is 175 Å². The zero-order valence-corrected chi connectivity index (χ0v) is 18.3. The number of thiophene rings is 1. The lowest BCUT2D eigenvalue weighted by Crippen LogP contribution is -2.34. The number of likely N-dealkylation sites (tertiary alicyclic amines) is 1. The Morgan fingerprint density at radius 1 is 1.10 bits per heavy atom. The van der Waals surface area contributed by atoms with Crippen LogP contribution in [-0.4, -0.2) is 34.4 Å². The Morgan fingerprint density at radius 3 is 2.59 bits per heavy atom. The number of hydrogen-bond donors (Lipinski definition) is 0. The summed E-state index contributed by atoms with van der Waals surface area (Å²) in [7, 11) is 1.67. The summed E-state index contributed by atoms with van der Waals surface area (Å²) in [6.07, 6.45) is 4.32. The molecule has 1 fully saturated rings. The van der Waals surface area contributed by atoms with Crippen molar-refractivity contribution in [3.05, 3.63) is 51.8 Å². The van der Waals surface area contributed by atoms with Crippen LogP contribution in [0.5, 0.6) is 5.75 Å². The first-order valence-corrected chi connectivity index (χ1v) is 11.0. The summed E-state index contributed by atoms with van der Waals surface area (Å²) in [6, 6.07) is 8.23. The van der Waals surface area contributed by atoms with E-state index in [0.717, 1.165) is 70.2 Å². The highest BCUT2D eigenvalue weighted by Crippen LogP contribution is 2.36. The zero-order chi connectivity index (χ0) is 20.5. The number of amides is 1. The van der Waals surface area contributed by atoms with Crippen LogP contribution >= 0.6 is 11.3 Å². The Kier molecular flexibility index (Phi) is 5.54. The van der Waals surface area contributed by atoms with Gasteiger partial charge in [-0.1, -0.05) is 25.0 Å². The smallest absolute Gasteiger partial charge is 0.264 e. The summed E-state index contributed by atoms with van der Waals surface area (Å²) in [4.78, 5) is 26.6. The van der Waals surface area contributed by atoms with Gasteiger partial charge >= 0.3 is 0 Å². The molecule has 4 rings (SSSR count). The quantitative estimate of drug-likeness (QED) is 0.582. The molecule has 29 heavy (non-hydrogen) atoms. The van der Waals surface area contributed by atoms with Gasteiger partial charge in [-0.15, -0.1) is 11.3 Å². The van der Waals surface area contributed by atoms with E-state index >= 15 is 0 Å². The maximum atomic E-state index is 13.7. The molecule has 152 valence electrons. The number of carbonyl (C=O) groups excluding carboxylic acids is 1. The fraction of sp³-hybridized carbons (Fsp3) is 0.435. The molecule has 0 spiro atoms. The SMILES string of the molecule is COc1ccc([C@@H]2CCCCCN2C(=O)c2sc3nc(C)nc(C)c3c2C)cc1. The molecule has 0 bridgehead atoms. The molecule has 3 aromatic rings. The van der Waals surface area contributed by atoms with E-state index in [9.17, 15) is 4.79 Å². The molecule has 0 saturated carbocycles. The zero-order valence-electron chi connectivity index (χ0n) is 17.5. The van der Waals surface area contributed by atoms with Crippen molar-refractivity contribution in [2.24, 2.45) is 0 Å². The van der Waals surface area contributed by atoms with Crippen molar-refractivity contribution >= 4 is 27.5 Å². The van der Waals surface area contributed by atoms with E-state index in [0.29, 0.717) is 0 Å². The van der Waals surface area contributed by atoms with Gasteiger partial charge in [0.2, 0.25) is 0 Å². The first-order chi connectivity index (χ1) is 14.0. The second-order valence-corrected chi connectivity index (χ2v) is 8.73. The maximum absolute atomic E-state index is 13.7. The normalized spacial score (nSPS) is 17.4. The van der Waals surface area contributed by atoms with Crippen LogP contribution in [0.3, 0.4) is 0 Å². The molecule has 0 N–H and O–H groups in total. The number of hydrogen-bond acceptors (Lipinski definition) is 5. The average Bonchev–Trinajstić information content (AvgIpc) is 2.89. The summed E-state index contributed by atoms with van der Waals surface area (Å²) in [5.74, 6) is 1.71. The van der Waals surface area contributed by atoms with E-state index in [1.165, 1.54) is 16.9 Å². The van der Waals surface area contributed by atoms with Gasteiger partial charge in [-0.2, -0.15) is 0 Å². The molecule has 1 aliphatic rings. The van der Waals surface area contributed by atoms with Crippen LogP contribution in [0.15, 0.2) is 24.3 Å². The summed E-state index contributed by atoms with van der Waals surface area (Å²) in [6.45, 7) is 6.71. The van der Waals surface area contributed by atoms with Crippen LogP contribution in [0.2, 0.25) is 0 Å². The molecule has 3 heterocycles. The van der Waals surface area contributed by atoms with Crippen molar-refractivity contribution < 1.29 is 9.53 Å². The largest absolute Gasteiger partial charge is 0.497 e. The number of fused-ring (bicyclic) bond motifs is 1. The van der Waals surface area contributed by atoms with Gasteiger partial charge in [-0.05, 0) is 56.9 Å². The van der Waals surface area contributed by atoms with Crippen molar-refractivity contribution in [1.29, 1.82) is 0 Å². The number of aryl methyl sites for hydroxylation is 3. The standard InChI is InChI=1S/C23H27N3O2S/c1-14-20-15(2)24-16(3)25-22(20)29-21(14)23(27)26-13-7-5-6-8-19(26)17-9-11-18(28-4)12-10-17/h9-12,19H,5-8,13H2,1-4H3/t19-/m0/s1. The lowest BCUT2D eigenvalue weighted by molar-refractivity contribution is 0.0685. The first kappa shape index (κ1) is 19.8. The van der Waals surface area contributed by atoms with E-state index in [2.05, 4.69) is 27.0 Å². The second-order valence-electron chi connectivity index (χ2n) is 7.73. The van der Waals surface area contributed by atoms with Crippen molar-refractivity contribution in [3.8, 4) is 5.75 Å². The number of carbonyl (C=O) groups is 1. The highest BCUT2D eigenvalue weighted by atomic mass is 32.1. The fourth-order valence-electron chi connectivity index (χ4n) is 4.33. The summed E-state index contributed by atoms with van der Waals surface area (Å²) in [5, 5.41) is 1.03. The summed E-state index contributed by atoms with van der Waals surface area (Å²) >= 11 is 1.50. The second kappa shape index (κ2) is 8.11. The third-order valence-corrected chi connectivity index (χ3v) is 6.97. The van der Waals surface area contributed by atoms with Crippen molar-refractivity contribution in [3.63, 3.8) is 0 Å². The third kappa shape index (κ3) is 3.73. The molecular formula is C23H27N3O2S. The first-order valence-electron chi connectivity index (χ1n) is 10.2. The molecule has 0 radical (unpaired) electrons. The predicted octanol–water partition coefficient (Wildman–Crippen LogP) is 5.38. The highest BCUT2D eigenvalue weighted by Gasteiger charge is 2.30. The topological polar surface area (TPSA) is 55.3 Å². The molecule has 6 heteroatoms. The molecule has 2 aromatic heterocycles. The molecule has 1 saturated heterocycles. The number of rotatable bonds is 3. The van der Waals surface area contributed by atoms with Crippen LogP contribution in [0.1, 0.15) is 64.0 Å². The minimum absolute atomic E-state index is 0.0921. The van der Waals surface area contributed by atoms with Crippen LogP contribution in [0.4, 0.5) is 0 Å². The number of nitrogens with zero attached hydrogens (tertiary/aromatic N) is 3. The molecular weight excluding hydrogens is 382 g/mol. The van der Waals surface area contributed by atoms with Crippen LogP contribution in [0, 0.1) is 20.8 Å². The number of aromatic nitrogens is 2. The Bertz CT molecular complexity index is 1040. The molecule has 1 aliphatic heterocycles. The Morgan fingerprint density at radius 2 is 1.86 bits per heavy atom. The van der Waals surface area contributed by atoms with Crippen LogP contribution < -0.4 is 4.74 Å². The summed E-state index contributed by atoms with van der Waals surface area (Å²) in [5.41, 5.74) is 3.12. The Hall–Kier alpha value is -2.47. The lowest BCUT2D eigenvalue weighted by Gasteiger charge is -2.30. The van der Waals surface area contributed by atoms with E-state index in [-0.39, 0.29) is 11.9 Å². The Balaban J connectivity index is 1.74. The molecule has 5 nitrogen and oxygen atoms in total. The van der Waals surface area contributed by atoms with Gasteiger partial charge < -0.3 is 9.64 Å². The molecule has 1 aromatic carbocycles. The summed E-state index contributed by atoms with van der Waals surface area (Å²) < 4.78 is 5.30. The van der Waals surface area contributed by atoms with Gasteiger partial charge in [0.15, 0.2) is 0 Å². The fourth-order valence-corrected chi connectivity index (χ4v) is 5.57. The number of methoxy groups -OCH3 is 1. The number of benzene rings is 1. The lowest BCUT2D eigenvalue weighted by atomic mass is 10.00. The van der Waals surface area contributed by atoms with Gasteiger partial charge in [0, 0.05) is 17.6 Å². The molecule has 0 aliphatic carbocycles. The molecule has 0 unspecified atom stereocenters. The van der Waals surface area contributed by atoms with Crippen LogP contribution in [-0.2, 0) is 0 Å². The van der Waals surface area contributed by atoms with E-state index in [4.69, 9.17) is 4.74 Å². The van der Waals surface area contributed by atoms with Crippen molar-refractivity contribution in [1.82, 2.24) is 14.9 Å². The van der Waals surface area contributed by atoms with Gasteiger partial charge in [-0.3, -0.25) is 4.79 Å². The minimum Gasteiger partial charge on any atom is -0.497 e. The highest BCUT2D eigenvalue weighted by molar-refractivity contribution is 7.20. The van der Waals surface area contributed by atoms with Gasteiger partial charge in [-0.25, -0.2) is 9.97 Å². The predicted molar refractivity (Wildman–Crippen MR) is 117 cm³/mol. The van der Waals surface area contributed by atoms with Gasteiger partial charge in [0.1, 0.15) is 16.4 Å². The molecule has 1 amide bonds. The maximum Gasteiger partial charge on any atom is 0.264 e. The number of ether oxygens (including phenoxy) is 1. The minimum atomic E-state index is 0.0921. The van der Waals surface area contributed by atoms with Gasteiger partial charge in [0.25, 0.3) is 5.91 Å².